The smallest absolute Gasteiger partial charge is 0.283 e. The van der Waals surface area contributed by atoms with Crippen LogP contribution < -0.4 is 4.31 Å². The molecule has 22 heavy (non-hydrogen) atoms. The predicted octanol–water partition coefficient (Wildman–Crippen LogP) is 2.06. The van der Waals surface area contributed by atoms with E-state index in [0.29, 0.717) is 23.2 Å². The fraction of sp³-hybridized carbons (Fsp3) is 0.357. The molecule has 1 atom stereocenters. The van der Waals surface area contributed by atoms with Crippen LogP contribution in [-0.4, -0.2) is 37.2 Å². The van der Waals surface area contributed by atoms with Crippen LogP contribution in [0.4, 0.5) is 5.69 Å². The standard InChI is InChI=1S/C14H16BrN3O3S/c1-17-9-11-13(21-8-7-15)10-5-3-4-6-12(10)18(2)22(19,20)14(11)16-17/h3-6,9,13H,7-8H2,1-2H3. The highest BCUT2D eigenvalue weighted by atomic mass is 79.9. The van der Waals surface area contributed by atoms with Gasteiger partial charge in [-0.05, 0) is 6.07 Å². The molecule has 2 heterocycles. The number of fused-ring (bicyclic) bond motifs is 2. The number of sulfonamides is 1. The average molecular weight is 386 g/mol. The van der Waals surface area contributed by atoms with Gasteiger partial charge < -0.3 is 4.74 Å². The SMILES string of the molecule is CN1c2ccccc2C(OCCBr)c2cn(C)nc2S1(=O)=O. The van der Waals surface area contributed by atoms with Gasteiger partial charge in [-0.3, -0.25) is 8.99 Å². The van der Waals surface area contributed by atoms with Crippen LogP contribution in [0.25, 0.3) is 0 Å². The molecule has 0 spiro atoms. The lowest BCUT2D eigenvalue weighted by Crippen LogP contribution is -2.27. The number of nitrogens with zero attached hydrogens (tertiary/aromatic N) is 3. The van der Waals surface area contributed by atoms with E-state index in [2.05, 4.69) is 21.0 Å². The number of hydrogen-bond donors (Lipinski definition) is 0. The Bertz CT molecular complexity index is 803. The fourth-order valence-electron chi connectivity index (χ4n) is 2.63. The number of alkyl halides is 1. The van der Waals surface area contributed by atoms with E-state index in [0.717, 1.165) is 5.56 Å². The van der Waals surface area contributed by atoms with Gasteiger partial charge in [-0.25, -0.2) is 0 Å². The summed E-state index contributed by atoms with van der Waals surface area (Å²) >= 11 is 3.34. The van der Waals surface area contributed by atoms with E-state index in [9.17, 15) is 8.42 Å². The highest BCUT2D eigenvalue weighted by Crippen LogP contribution is 2.41. The molecule has 1 aliphatic rings. The second-order valence-electron chi connectivity index (χ2n) is 5.03. The van der Waals surface area contributed by atoms with Crippen LogP contribution in [0, 0.1) is 0 Å². The molecular formula is C14H16BrN3O3S. The molecule has 3 rings (SSSR count). The Kier molecular flexibility index (Phi) is 4.00. The van der Waals surface area contributed by atoms with Gasteiger partial charge in [0.05, 0.1) is 12.3 Å². The van der Waals surface area contributed by atoms with Crippen molar-refractivity contribution in [3.05, 3.63) is 41.6 Å². The van der Waals surface area contributed by atoms with Crippen LogP contribution >= 0.6 is 15.9 Å². The Morgan fingerprint density at radius 1 is 1.27 bits per heavy atom. The summed E-state index contributed by atoms with van der Waals surface area (Å²) in [5.74, 6) is 0. The summed E-state index contributed by atoms with van der Waals surface area (Å²) in [5.41, 5.74) is 2.00. The largest absolute Gasteiger partial charge is 0.368 e. The van der Waals surface area contributed by atoms with Gasteiger partial charge in [0.2, 0.25) is 5.03 Å². The second-order valence-corrected chi connectivity index (χ2v) is 7.71. The van der Waals surface area contributed by atoms with Crippen molar-refractivity contribution >= 4 is 31.6 Å². The molecule has 0 aliphatic carbocycles. The van der Waals surface area contributed by atoms with Crippen LogP contribution in [0.3, 0.4) is 0 Å². The van der Waals surface area contributed by atoms with E-state index in [4.69, 9.17) is 4.74 Å². The Morgan fingerprint density at radius 2 is 2.00 bits per heavy atom. The molecule has 118 valence electrons. The molecule has 0 saturated heterocycles. The maximum atomic E-state index is 12.8. The van der Waals surface area contributed by atoms with Gasteiger partial charge in [0.25, 0.3) is 10.0 Å². The van der Waals surface area contributed by atoms with Crippen molar-refractivity contribution in [3.63, 3.8) is 0 Å². The molecule has 8 heteroatoms. The number of aryl methyl sites for hydroxylation is 1. The zero-order valence-corrected chi connectivity index (χ0v) is 14.6. The molecule has 1 aromatic heterocycles. The monoisotopic (exact) mass is 385 g/mol. The lowest BCUT2D eigenvalue weighted by Gasteiger charge is -2.21. The molecule has 1 aromatic carbocycles. The van der Waals surface area contributed by atoms with Gasteiger partial charge >= 0.3 is 0 Å². The third-order valence-corrected chi connectivity index (χ3v) is 5.68. The lowest BCUT2D eigenvalue weighted by molar-refractivity contribution is 0.0927. The topological polar surface area (TPSA) is 64.4 Å². The summed E-state index contributed by atoms with van der Waals surface area (Å²) in [6, 6.07) is 7.37. The molecule has 0 N–H and O–H groups in total. The summed E-state index contributed by atoms with van der Waals surface area (Å²) in [6.07, 6.45) is 1.25. The Balaban J connectivity index is 2.29. The molecule has 1 aliphatic heterocycles. The predicted molar refractivity (Wildman–Crippen MR) is 86.8 cm³/mol. The Morgan fingerprint density at radius 3 is 2.73 bits per heavy atom. The van der Waals surface area contributed by atoms with Crippen LogP contribution in [0.2, 0.25) is 0 Å². The van der Waals surface area contributed by atoms with Crippen molar-refractivity contribution in [2.24, 2.45) is 7.05 Å². The maximum absolute atomic E-state index is 12.8. The maximum Gasteiger partial charge on any atom is 0.283 e. The minimum Gasteiger partial charge on any atom is -0.368 e. The van der Waals surface area contributed by atoms with Gasteiger partial charge in [-0.15, -0.1) is 0 Å². The molecular weight excluding hydrogens is 370 g/mol. The number of halogens is 1. The highest BCUT2D eigenvalue weighted by molar-refractivity contribution is 9.09. The quantitative estimate of drug-likeness (QED) is 0.758. The number of hydrogen-bond acceptors (Lipinski definition) is 4. The van der Waals surface area contributed by atoms with E-state index < -0.39 is 16.1 Å². The molecule has 0 radical (unpaired) electrons. The fourth-order valence-corrected chi connectivity index (χ4v) is 4.19. The summed E-state index contributed by atoms with van der Waals surface area (Å²) in [6.45, 7) is 0.469. The molecule has 0 bridgehead atoms. The minimum atomic E-state index is -3.70. The summed E-state index contributed by atoms with van der Waals surface area (Å²) in [4.78, 5) is 0. The van der Waals surface area contributed by atoms with Gasteiger partial charge in [-0.2, -0.15) is 13.5 Å². The zero-order chi connectivity index (χ0) is 15.9. The van der Waals surface area contributed by atoms with Crippen molar-refractivity contribution in [2.45, 2.75) is 11.1 Å². The first-order valence-electron chi connectivity index (χ1n) is 6.75. The zero-order valence-electron chi connectivity index (χ0n) is 12.2. The van der Waals surface area contributed by atoms with Gasteiger partial charge in [0, 0.05) is 36.7 Å². The van der Waals surface area contributed by atoms with Crippen LogP contribution in [0.5, 0.6) is 0 Å². The number of para-hydroxylation sites is 1. The number of ether oxygens (including phenoxy) is 1. The highest BCUT2D eigenvalue weighted by Gasteiger charge is 2.37. The molecule has 1 unspecified atom stereocenters. The van der Waals surface area contributed by atoms with Gasteiger partial charge in [-0.1, -0.05) is 34.1 Å². The molecule has 2 aromatic rings. The normalized spacial score (nSPS) is 19.4. The third-order valence-electron chi connectivity index (χ3n) is 3.63. The van der Waals surface area contributed by atoms with Crippen molar-refractivity contribution in [1.29, 1.82) is 0 Å². The van der Waals surface area contributed by atoms with Gasteiger partial charge in [0.15, 0.2) is 0 Å². The molecule has 0 fully saturated rings. The van der Waals surface area contributed by atoms with Gasteiger partial charge in [0.1, 0.15) is 6.10 Å². The van der Waals surface area contributed by atoms with E-state index in [1.807, 2.05) is 18.2 Å². The van der Waals surface area contributed by atoms with Crippen molar-refractivity contribution in [1.82, 2.24) is 9.78 Å². The number of aromatic nitrogens is 2. The summed E-state index contributed by atoms with van der Waals surface area (Å²) in [7, 11) is -0.451. The lowest BCUT2D eigenvalue weighted by atomic mass is 10.0. The first-order chi connectivity index (χ1) is 10.5. The molecule has 0 amide bonds. The number of rotatable bonds is 3. The van der Waals surface area contributed by atoms with Crippen molar-refractivity contribution < 1.29 is 13.2 Å². The second kappa shape index (κ2) is 5.68. The first kappa shape index (κ1) is 15.5. The minimum absolute atomic E-state index is 0.0493. The molecule has 6 nitrogen and oxygen atoms in total. The Labute approximate surface area is 137 Å². The average Bonchev–Trinajstić information content (AvgIpc) is 2.87. The third kappa shape index (κ3) is 2.35. The summed E-state index contributed by atoms with van der Waals surface area (Å²) < 4.78 is 34.3. The summed E-state index contributed by atoms with van der Waals surface area (Å²) in [5, 5.41) is 4.87. The van der Waals surface area contributed by atoms with E-state index in [1.165, 1.54) is 8.99 Å². The van der Waals surface area contributed by atoms with Crippen molar-refractivity contribution in [2.75, 3.05) is 23.3 Å². The van der Waals surface area contributed by atoms with Crippen LogP contribution in [-0.2, 0) is 21.8 Å². The van der Waals surface area contributed by atoms with Crippen molar-refractivity contribution in [3.8, 4) is 0 Å². The molecule has 0 saturated carbocycles. The van der Waals surface area contributed by atoms with Crippen LogP contribution in [0.1, 0.15) is 17.2 Å². The number of benzene rings is 1. The van der Waals surface area contributed by atoms with E-state index in [-0.39, 0.29) is 5.03 Å². The number of anilines is 1. The van der Waals surface area contributed by atoms with E-state index >= 15 is 0 Å². The first-order valence-corrected chi connectivity index (χ1v) is 9.32. The van der Waals surface area contributed by atoms with Crippen LogP contribution in [0.15, 0.2) is 35.5 Å². The Hall–Kier alpha value is -1.38. The van der Waals surface area contributed by atoms with E-state index in [1.54, 1.807) is 26.4 Å².